The average Bonchev–Trinajstić information content (AvgIpc) is 3.06. The van der Waals surface area contributed by atoms with Gasteiger partial charge in [-0.05, 0) is 31.8 Å². The monoisotopic (exact) mass is 347 g/mol. The van der Waals surface area contributed by atoms with Crippen LogP contribution in [0, 0.1) is 0 Å². The van der Waals surface area contributed by atoms with Crippen LogP contribution in [-0.2, 0) is 6.54 Å². The van der Waals surface area contributed by atoms with Crippen LogP contribution in [0.1, 0.15) is 5.56 Å². The zero-order valence-corrected chi connectivity index (χ0v) is 15.7. The smallest absolute Gasteiger partial charge is 0.231 e. The Morgan fingerprint density at radius 1 is 1.28 bits per heavy atom. The molecule has 0 radical (unpaired) electrons. The summed E-state index contributed by atoms with van der Waals surface area (Å²) < 4.78 is 10.8. The molecule has 7 heteroatoms. The SMILES string of the molecule is CN=C(NCC1CN(C)CCN1C)N(C)Cc1ccc2c(c1)OCO2. The van der Waals surface area contributed by atoms with Crippen molar-refractivity contribution in [3.63, 3.8) is 0 Å². The van der Waals surface area contributed by atoms with Crippen LogP contribution in [0.4, 0.5) is 0 Å². The molecular weight excluding hydrogens is 318 g/mol. The first-order valence-corrected chi connectivity index (χ1v) is 8.76. The van der Waals surface area contributed by atoms with Gasteiger partial charge in [0.2, 0.25) is 6.79 Å². The molecule has 7 nitrogen and oxygen atoms in total. The lowest BCUT2D eigenvalue weighted by molar-refractivity contribution is 0.116. The summed E-state index contributed by atoms with van der Waals surface area (Å²) in [6.07, 6.45) is 0. The van der Waals surface area contributed by atoms with Crippen molar-refractivity contribution in [3.8, 4) is 11.5 Å². The number of rotatable bonds is 4. The van der Waals surface area contributed by atoms with Gasteiger partial charge < -0.3 is 24.6 Å². The van der Waals surface area contributed by atoms with Crippen LogP contribution in [0.2, 0.25) is 0 Å². The van der Waals surface area contributed by atoms with E-state index in [1.165, 1.54) is 5.56 Å². The van der Waals surface area contributed by atoms with E-state index in [0.717, 1.165) is 50.2 Å². The molecule has 1 aromatic carbocycles. The highest BCUT2D eigenvalue weighted by molar-refractivity contribution is 5.79. The summed E-state index contributed by atoms with van der Waals surface area (Å²) in [4.78, 5) is 11.4. The summed E-state index contributed by atoms with van der Waals surface area (Å²) >= 11 is 0. The highest BCUT2D eigenvalue weighted by Gasteiger charge is 2.22. The Bertz CT molecular complexity index is 621. The molecule has 2 heterocycles. The number of hydrogen-bond donors (Lipinski definition) is 1. The van der Waals surface area contributed by atoms with Gasteiger partial charge in [0.1, 0.15) is 0 Å². The molecule has 0 aliphatic carbocycles. The second-order valence-corrected chi connectivity index (χ2v) is 6.87. The van der Waals surface area contributed by atoms with Gasteiger partial charge in [-0.3, -0.25) is 9.89 Å². The molecule has 0 saturated carbocycles. The molecule has 0 spiro atoms. The molecule has 2 aliphatic heterocycles. The molecular formula is C18H29N5O2. The minimum atomic E-state index is 0.307. The lowest BCUT2D eigenvalue weighted by Gasteiger charge is -2.38. The molecule has 1 saturated heterocycles. The van der Waals surface area contributed by atoms with E-state index in [-0.39, 0.29) is 0 Å². The highest BCUT2D eigenvalue weighted by Crippen LogP contribution is 2.32. The van der Waals surface area contributed by atoms with Crippen LogP contribution < -0.4 is 14.8 Å². The number of benzene rings is 1. The van der Waals surface area contributed by atoms with E-state index in [0.29, 0.717) is 12.8 Å². The molecule has 138 valence electrons. The van der Waals surface area contributed by atoms with Crippen LogP contribution in [0.25, 0.3) is 0 Å². The van der Waals surface area contributed by atoms with Crippen molar-refractivity contribution in [1.29, 1.82) is 0 Å². The number of aliphatic imine (C=N–C) groups is 1. The Balaban J connectivity index is 1.55. The molecule has 1 atom stereocenters. The minimum absolute atomic E-state index is 0.307. The Kier molecular flexibility index (Phi) is 5.65. The molecule has 1 aromatic rings. The van der Waals surface area contributed by atoms with Gasteiger partial charge in [-0.2, -0.15) is 0 Å². The van der Waals surface area contributed by atoms with E-state index in [2.05, 4.69) is 52.2 Å². The molecule has 25 heavy (non-hydrogen) atoms. The standard InChI is InChI=1S/C18H29N5O2/c1-19-18(20-10-15-12-21(2)7-8-22(15)3)23(4)11-14-5-6-16-17(9-14)25-13-24-16/h5-6,9,15H,7-8,10-13H2,1-4H3,(H,19,20). The number of likely N-dealkylation sites (N-methyl/N-ethyl adjacent to an activating group) is 2. The third kappa shape index (κ3) is 4.35. The van der Waals surface area contributed by atoms with Crippen LogP contribution >= 0.6 is 0 Å². The van der Waals surface area contributed by atoms with E-state index in [1.807, 2.05) is 19.2 Å². The minimum Gasteiger partial charge on any atom is -0.454 e. The predicted octanol–water partition coefficient (Wildman–Crippen LogP) is 0.668. The molecule has 3 rings (SSSR count). The second-order valence-electron chi connectivity index (χ2n) is 6.87. The van der Waals surface area contributed by atoms with Crippen LogP contribution in [0.3, 0.4) is 0 Å². The van der Waals surface area contributed by atoms with Gasteiger partial charge in [0.25, 0.3) is 0 Å². The van der Waals surface area contributed by atoms with E-state index in [1.54, 1.807) is 0 Å². The third-order valence-corrected chi connectivity index (χ3v) is 4.91. The summed E-state index contributed by atoms with van der Waals surface area (Å²) in [6, 6.07) is 6.57. The van der Waals surface area contributed by atoms with Crippen molar-refractivity contribution < 1.29 is 9.47 Å². The first-order chi connectivity index (χ1) is 12.1. The van der Waals surface area contributed by atoms with Crippen molar-refractivity contribution >= 4 is 5.96 Å². The fourth-order valence-electron chi connectivity index (χ4n) is 3.30. The quantitative estimate of drug-likeness (QED) is 0.638. The number of guanidine groups is 1. The molecule has 0 aromatic heterocycles. The van der Waals surface area contributed by atoms with Crippen LogP contribution in [0.5, 0.6) is 11.5 Å². The summed E-state index contributed by atoms with van der Waals surface area (Å²) in [6.45, 7) is 5.27. The first-order valence-electron chi connectivity index (χ1n) is 8.76. The van der Waals surface area contributed by atoms with Crippen LogP contribution in [-0.4, -0.2) is 87.9 Å². The maximum absolute atomic E-state index is 5.46. The van der Waals surface area contributed by atoms with Gasteiger partial charge in [0.05, 0.1) is 0 Å². The van der Waals surface area contributed by atoms with Gasteiger partial charge >= 0.3 is 0 Å². The summed E-state index contributed by atoms with van der Waals surface area (Å²) in [7, 11) is 8.25. The third-order valence-electron chi connectivity index (χ3n) is 4.91. The largest absolute Gasteiger partial charge is 0.454 e. The van der Waals surface area contributed by atoms with Crippen molar-refractivity contribution in [2.45, 2.75) is 12.6 Å². The summed E-state index contributed by atoms with van der Waals surface area (Å²) in [5.41, 5.74) is 1.17. The normalized spacial score (nSPS) is 21.4. The van der Waals surface area contributed by atoms with Gasteiger partial charge in [-0.1, -0.05) is 6.07 Å². The molecule has 0 amide bonds. The number of nitrogens with zero attached hydrogens (tertiary/aromatic N) is 4. The fraction of sp³-hybridized carbons (Fsp3) is 0.611. The van der Waals surface area contributed by atoms with E-state index in [9.17, 15) is 0 Å². The number of nitrogens with one attached hydrogen (secondary N) is 1. The maximum atomic E-state index is 5.46. The van der Waals surface area contributed by atoms with Gasteiger partial charge in [-0.25, -0.2) is 0 Å². The molecule has 1 N–H and O–H groups in total. The van der Waals surface area contributed by atoms with Crippen molar-refractivity contribution in [3.05, 3.63) is 23.8 Å². The molecule has 1 unspecified atom stereocenters. The molecule has 2 aliphatic rings. The van der Waals surface area contributed by atoms with Crippen molar-refractivity contribution in [1.82, 2.24) is 20.0 Å². The summed E-state index contributed by atoms with van der Waals surface area (Å²) in [5.74, 6) is 2.54. The highest BCUT2D eigenvalue weighted by atomic mass is 16.7. The van der Waals surface area contributed by atoms with Crippen molar-refractivity contribution in [2.75, 3.05) is 61.2 Å². The first kappa shape index (κ1) is 17.8. The second kappa shape index (κ2) is 7.93. The summed E-state index contributed by atoms with van der Waals surface area (Å²) in [5, 5.41) is 3.51. The van der Waals surface area contributed by atoms with E-state index in [4.69, 9.17) is 9.47 Å². The predicted molar refractivity (Wildman–Crippen MR) is 99.3 cm³/mol. The van der Waals surface area contributed by atoms with Gasteiger partial charge in [-0.15, -0.1) is 0 Å². The Hall–Kier alpha value is -1.99. The lowest BCUT2D eigenvalue weighted by atomic mass is 10.2. The number of hydrogen-bond acceptors (Lipinski definition) is 5. The molecule has 0 bridgehead atoms. The van der Waals surface area contributed by atoms with Crippen LogP contribution in [0.15, 0.2) is 23.2 Å². The average molecular weight is 347 g/mol. The number of piperazine rings is 1. The van der Waals surface area contributed by atoms with Gasteiger partial charge in [0.15, 0.2) is 17.5 Å². The van der Waals surface area contributed by atoms with Gasteiger partial charge in [0, 0.05) is 52.9 Å². The number of fused-ring (bicyclic) bond motifs is 1. The number of ether oxygens (including phenoxy) is 2. The Morgan fingerprint density at radius 3 is 2.88 bits per heavy atom. The fourth-order valence-corrected chi connectivity index (χ4v) is 3.30. The topological polar surface area (TPSA) is 52.6 Å². The zero-order valence-electron chi connectivity index (χ0n) is 15.7. The van der Waals surface area contributed by atoms with E-state index < -0.39 is 0 Å². The van der Waals surface area contributed by atoms with Crippen molar-refractivity contribution in [2.24, 2.45) is 4.99 Å². The Labute approximate surface area is 150 Å². The Morgan fingerprint density at radius 2 is 2.08 bits per heavy atom. The van der Waals surface area contributed by atoms with E-state index >= 15 is 0 Å². The molecule has 1 fully saturated rings. The lowest BCUT2D eigenvalue weighted by Crippen LogP contribution is -2.55. The maximum Gasteiger partial charge on any atom is 0.231 e. The zero-order chi connectivity index (χ0) is 17.8.